The molecule has 2 rings (SSSR count). The van der Waals surface area contributed by atoms with E-state index in [0.717, 1.165) is 11.3 Å². The Balaban J connectivity index is 1.93. The van der Waals surface area contributed by atoms with Crippen molar-refractivity contribution in [3.05, 3.63) is 66.0 Å². The zero-order chi connectivity index (χ0) is 16.5. The van der Waals surface area contributed by atoms with E-state index in [0.29, 0.717) is 19.3 Å². The van der Waals surface area contributed by atoms with Gasteiger partial charge in [-0.05, 0) is 30.5 Å². The average molecular weight is 312 g/mol. The molecular formula is C18H20N2O3. The third-order valence-corrected chi connectivity index (χ3v) is 3.52. The summed E-state index contributed by atoms with van der Waals surface area (Å²) in [6, 6.07) is 14.8. The number of carboxylic acids is 1. The quantitative estimate of drug-likeness (QED) is 0.785. The number of hydrogen-bond acceptors (Lipinski definition) is 3. The first-order valence-electron chi connectivity index (χ1n) is 7.61. The number of amides is 1. The second kappa shape index (κ2) is 8.68. The van der Waals surface area contributed by atoms with Crippen molar-refractivity contribution in [3.8, 4) is 0 Å². The van der Waals surface area contributed by atoms with Crippen LogP contribution in [-0.2, 0) is 16.0 Å². The molecule has 0 aliphatic rings. The first-order chi connectivity index (χ1) is 11.1. The smallest absolute Gasteiger partial charge is 0.303 e. The fourth-order valence-corrected chi connectivity index (χ4v) is 2.33. The van der Waals surface area contributed by atoms with Gasteiger partial charge in [-0.3, -0.25) is 14.6 Å². The molecule has 0 aliphatic carbocycles. The summed E-state index contributed by atoms with van der Waals surface area (Å²) in [6.07, 6.45) is 2.97. The maximum absolute atomic E-state index is 12.2. The van der Waals surface area contributed by atoms with Crippen molar-refractivity contribution in [2.75, 3.05) is 0 Å². The summed E-state index contributed by atoms with van der Waals surface area (Å²) in [5.41, 5.74) is 1.78. The van der Waals surface area contributed by atoms with E-state index in [2.05, 4.69) is 10.3 Å². The lowest BCUT2D eigenvalue weighted by Gasteiger charge is -2.18. The van der Waals surface area contributed by atoms with Crippen LogP contribution in [0.4, 0.5) is 0 Å². The zero-order valence-electron chi connectivity index (χ0n) is 12.8. The van der Waals surface area contributed by atoms with Gasteiger partial charge in [0, 0.05) is 24.7 Å². The number of benzene rings is 1. The van der Waals surface area contributed by atoms with Crippen molar-refractivity contribution in [1.82, 2.24) is 10.3 Å². The number of aromatic nitrogens is 1. The van der Waals surface area contributed by atoms with Gasteiger partial charge in [-0.15, -0.1) is 0 Å². The standard InChI is InChI=1S/C18H20N2O3/c21-17(11-9-15-8-4-5-13-19-15)20-16(10-12-18(22)23)14-6-2-1-3-7-14/h1-8,13,16H,9-12H2,(H,20,21)(H,22,23). The van der Waals surface area contributed by atoms with Crippen molar-refractivity contribution >= 4 is 11.9 Å². The highest BCUT2D eigenvalue weighted by atomic mass is 16.4. The molecule has 2 aromatic rings. The molecule has 1 atom stereocenters. The van der Waals surface area contributed by atoms with Crippen LogP contribution in [0, 0.1) is 0 Å². The Bertz CT molecular complexity index is 629. The van der Waals surface area contributed by atoms with Crippen LogP contribution in [0.1, 0.15) is 36.6 Å². The van der Waals surface area contributed by atoms with E-state index >= 15 is 0 Å². The minimum atomic E-state index is -0.867. The molecule has 1 unspecified atom stereocenters. The predicted molar refractivity (Wildman–Crippen MR) is 86.8 cm³/mol. The van der Waals surface area contributed by atoms with E-state index in [1.54, 1.807) is 6.20 Å². The summed E-state index contributed by atoms with van der Waals surface area (Å²) < 4.78 is 0. The van der Waals surface area contributed by atoms with E-state index in [4.69, 9.17) is 5.11 Å². The number of aryl methyl sites for hydroxylation is 1. The highest BCUT2D eigenvalue weighted by Gasteiger charge is 2.15. The van der Waals surface area contributed by atoms with Gasteiger partial charge >= 0.3 is 5.97 Å². The van der Waals surface area contributed by atoms with Crippen LogP contribution >= 0.6 is 0 Å². The van der Waals surface area contributed by atoms with Gasteiger partial charge in [0.05, 0.1) is 6.04 Å². The molecule has 0 aliphatic heterocycles. The second-order valence-corrected chi connectivity index (χ2v) is 5.28. The maximum atomic E-state index is 12.2. The molecular weight excluding hydrogens is 292 g/mol. The monoisotopic (exact) mass is 312 g/mol. The van der Waals surface area contributed by atoms with E-state index < -0.39 is 5.97 Å². The van der Waals surface area contributed by atoms with Gasteiger partial charge in [0.15, 0.2) is 0 Å². The highest BCUT2D eigenvalue weighted by Crippen LogP contribution is 2.18. The molecule has 0 fully saturated rings. The summed E-state index contributed by atoms with van der Waals surface area (Å²) in [5, 5.41) is 11.8. The molecule has 1 amide bonds. The first kappa shape index (κ1) is 16.7. The van der Waals surface area contributed by atoms with Gasteiger partial charge < -0.3 is 10.4 Å². The van der Waals surface area contributed by atoms with Crippen LogP contribution in [-0.4, -0.2) is 22.0 Å². The number of rotatable bonds is 8. The molecule has 1 aromatic carbocycles. The van der Waals surface area contributed by atoms with Crippen molar-refractivity contribution in [1.29, 1.82) is 0 Å². The van der Waals surface area contributed by atoms with E-state index in [-0.39, 0.29) is 18.4 Å². The van der Waals surface area contributed by atoms with Crippen molar-refractivity contribution in [2.24, 2.45) is 0 Å². The summed E-state index contributed by atoms with van der Waals surface area (Å²) in [6.45, 7) is 0. The Hall–Kier alpha value is -2.69. The number of nitrogens with zero attached hydrogens (tertiary/aromatic N) is 1. The van der Waals surface area contributed by atoms with Gasteiger partial charge in [-0.2, -0.15) is 0 Å². The SMILES string of the molecule is O=C(O)CCC(NC(=O)CCc1ccccn1)c1ccccc1. The van der Waals surface area contributed by atoms with Gasteiger partial charge in [-0.25, -0.2) is 0 Å². The Labute approximate surface area is 135 Å². The fourth-order valence-electron chi connectivity index (χ4n) is 2.33. The average Bonchev–Trinajstić information content (AvgIpc) is 2.58. The summed E-state index contributed by atoms with van der Waals surface area (Å²) in [5.74, 6) is -0.969. The Morgan fingerprint density at radius 3 is 2.43 bits per heavy atom. The van der Waals surface area contributed by atoms with Gasteiger partial charge in [0.2, 0.25) is 5.91 Å². The molecule has 0 saturated carbocycles. The minimum Gasteiger partial charge on any atom is -0.481 e. The van der Waals surface area contributed by atoms with Crippen LogP contribution in [0.25, 0.3) is 0 Å². The van der Waals surface area contributed by atoms with Crippen molar-refractivity contribution in [2.45, 2.75) is 31.7 Å². The van der Waals surface area contributed by atoms with E-state index in [1.165, 1.54) is 0 Å². The Morgan fingerprint density at radius 1 is 1.04 bits per heavy atom. The Kier molecular flexibility index (Phi) is 6.29. The molecule has 120 valence electrons. The lowest BCUT2D eigenvalue weighted by molar-refractivity contribution is -0.137. The van der Waals surface area contributed by atoms with Crippen LogP contribution < -0.4 is 5.32 Å². The topological polar surface area (TPSA) is 79.3 Å². The molecule has 0 bridgehead atoms. The number of carbonyl (C=O) groups excluding carboxylic acids is 1. The summed E-state index contributed by atoms with van der Waals surface area (Å²) in [4.78, 5) is 27.2. The van der Waals surface area contributed by atoms with Gasteiger partial charge in [0.25, 0.3) is 0 Å². The predicted octanol–water partition coefficient (Wildman–Crippen LogP) is 2.74. The van der Waals surface area contributed by atoms with Crippen LogP contribution in [0.2, 0.25) is 0 Å². The Morgan fingerprint density at radius 2 is 1.78 bits per heavy atom. The van der Waals surface area contributed by atoms with Crippen LogP contribution in [0.15, 0.2) is 54.7 Å². The molecule has 0 spiro atoms. The molecule has 5 heteroatoms. The molecule has 0 saturated heterocycles. The third-order valence-electron chi connectivity index (χ3n) is 3.52. The molecule has 23 heavy (non-hydrogen) atoms. The zero-order valence-corrected chi connectivity index (χ0v) is 12.8. The lowest BCUT2D eigenvalue weighted by Crippen LogP contribution is -2.29. The van der Waals surface area contributed by atoms with Crippen LogP contribution in [0.5, 0.6) is 0 Å². The normalized spacial score (nSPS) is 11.7. The highest BCUT2D eigenvalue weighted by molar-refractivity contribution is 5.76. The third kappa shape index (κ3) is 5.90. The maximum Gasteiger partial charge on any atom is 0.303 e. The largest absolute Gasteiger partial charge is 0.481 e. The number of aliphatic carboxylic acids is 1. The number of nitrogens with one attached hydrogen (secondary N) is 1. The number of pyridine rings is 1. The lowest BCUT2D eigenvalue weighted by atomic mass is 10.0. The summed E-state index contributed by atoms with van der Waals surface area (Å²) >= 11 is 0. The number of hydrogen-bond donors (Lipinski definition) is 2. The number of carboxylic acid groups (broad SMARTS) is 1. The molecule has 1 heterocycles. The van der Waals surface area contributed by atoms with E-state index in [1.807, 2.05) is 48.5 Å². The van der Waals surface area contributed by atoms with Crippen LogP contribution in [0.3, 0.4) is 0 Å². The number of carbonyl (C=O) groups is 2. The van der Waals surface area contributed by atoms with Gasteiger partial charge in [-0.1, -0.05) is 36.4 Å². The second-order valence-electron chi connectivity index (χ2n) is 5.28. The molecule has 1 aromatic heterocycles. The van der Waals surface area contributed by atoms with Crippen molar-refractivity contribution < 1.29 is 14.7 Å². The molecule has 5 nitrogen and oxygen atoms in total. The van der Waals surface area contributed by atoms with E-state index in [9.17, 15) is 9.59 Å². The summed E-state index contributed by atoms with van der Waals surface area (Å²) in [7, 11) is 0. The van der Waals surface area contributed by atoms with Crippen molar-refractivity contribution in [3.63, 3.8) is 0 Å². The fraction of sp³-hybridized carbons (Fsp3) is 0.278. The molecule has 0 radical (unpaired) electrons. The first-order valence-corrected chi connectivity index (χ1v) is 7.61. The van der Waals surface area contributed by atoms with Gasteiger partial charge in [0.1, 0.15) is 0 Å². The minimum absolute atomic E-state index is 0.0140. The molecule has 2 N–H and O–H groups in total.